The summed E-state index contributed by atoms with van der Waals surface area (Å²) in [6, 6.07) is 19.7. The van der Waals surface area contributed by atoms with Gasteiger partial charge in [0, 0.05) is 99.8 Å². The van der Waals surface area contributed by atoms with Crippen LogP contribution >= 0.6 is 0 Å². The van der Waals surface area contributed by atoms with E-state index in [1.165, 1.54) is 31.1 Å². The summed E-state index contributed by atoms with van der Waals surface area (Å²) in [6.45, 7) is 10.3. The molecule has 5 aliphatic rings. The van der Waals surface area contributed by atoms with E-state index in [1.807, 2.05) is 19.1 Å². The number of carbonyl (C=O) groups is 3. The molecule has 3 amide bonds. The summed E-state index contributed by atoms with van der Waals surface area (Å²) in [4.78, 5) is 44.3. The van der Waals surface area contributed by atoms with Crippen LogP contribution < -0.4 is 21.7 Å². The van der Waals surface area contributed by atoms with Crippen LogP contribution in [0.4, 0.5) is 5.69 Å². The van der Waals surface area contributed by atoms with Crippen molar-refractivity contribution in [3.8, 4) is 5.75 Å². The normalized spacial score (nSPS) is 21.5. The summed E-state index contributed by atoms with van der Waals surface area (Å²) in [5.74, 6) is 1.51. The van der Waals surface area contributed by atoms with E-state index in [0.717, 1.165) is 63.1 Å². The molecule has 0 unspecified atom stereocenters. The maximum absolute atomic E-state index is 14.3. The van der Waals surface area contributed by atoms with E-state index in [1.54, 1.807) is 24.3 Å². The largest absolute Gasteiger partial charge is 0.507 e. The van der Waals surface area contributed by atoms with Crippen LogP contribution in [-0.4, -0.2) is 102 Å². The number of aromatic nitrogens is 1. The molecule has 56 heavy (non-hydrogen) atoms. The zero-order valence-electron chi connectivity index (χ0n) is 32.5. The van der Waals surface area contributed by atoms with Crippen LogP contribution in [0.1, 0.15) is 68.4 Å². The van der Waals surface area contributed by atoms with Crippen molar-refractivity contribution in [1.29, 1.82) is 0 Å². The molecule has 0 aliphatic carbocycles. The summed E-state index contributed by atoms with van der Waals surface area (Å²) < 4.78 is 5.50. The third kappa shape index (κ3) is 8.57. The van der Waals surface area contributed by atoms with E-state index in [9.17, 15) is 19.5 Å². The number of imide groups is 1. The zero-order valence-corrected chi connectivity index (χ0v) is 32.5. The summed E-state index contributed by atoms with van der Waals surface area (Å²) in [5.41, 5.74) is 15.7. The minimum absolute atomic E-state index is 0.119. The Morgan fingerprint density at radius 3 is 2.20 bits per heavy atom. The van der Waals surface area contributed by atoms with Gasteiger partial charge in [0.1, 0.15) is 11.5 Å². The molecule has 5 saturated heterocycles. The first-order chi connectivity index (χ1) is 27.1. The first-order valence-electron chi connectivity index (χ1n) is 20.1. The van der Waals surface area contributed by atoms with Gasteiger partial charge in [-0.1, -0.05) is 35.5 Å². The van der Waals surface area contributed by atoms with Crippen LogP contribution in [0.5, 0.6) is 5.75 Å². The van der Waals surface area contributed by atoms with Crippen LogP contribution in [-0.2, 0) is 19.8 Å². The summed E-state index contributed by atoms with van der Waals surface area (Å²) in [5, 5.41) is 16.8. The lowest BCUT2D eigenvalue weighted by atomic mass is 9.68. The highest BCUT2D eigenvalue weighted by atomic mass is 16.5. The highest BCUT2D eigenvalue weighted by Crippen LogP contribution is 2.45. The minimum Gasteiger partial charge on any atom is -0.507 e. The van der Waals surface area contributed by atoms with Crippen molar-refractivity contribution in [2.75, 3.05) is 63.8 Å². The molecule has 13 nitrogen and oxygen atoms in total. The van der Waals surface area contributed by atoms with Gasteiger partial charge in [0.05, 0.1) is 16.8 Å². The predicted molar refractivity (Wildman–Crippen MR) is 215 cm³/mol. The number of aromatic hydroxyl groups is 1. The Bertz CT molecular complexity index is 1900. The number of amides is 3. The van der Waals surface area contributed by atoms with Gasteiger partial charge < -0.3 is 40.7 Å². The molecule has 298 valence electrons. The number of hydrogen-bond donors (Lipinski definition) is 4. The lowest BCUT2D eigenvalue weighted by Crippen LogP contribution is -2.74. The predicted octanol–water partition coefficient (Wildman–Crippen LogP) is 4.09. The van der Waals surface area contributed by atoms with E-state index in [0.29, 0.717) is 62.2 Å². The second-order valence-corrected chi connectivity index (χ2v) is 16.4. The van der Waals surface area contributed by atoms with Crippen LogP contribution in [0, 0.1) is 18.3 Å². The maximum Gasteiger partial charge on any atom is 0.235 e. The molecule has 1 aromatic heterocycles. The Morgan fingerprint density at radius 2 is 1.61 bits per heavy atom. The van der Waals surface area contributed by atoms with Gasteiger partial charge in [0.15, 0.2) is 0 Å². The lowest BCUT2D eigenvalue weighted by Gasteiger charge is -2.61. The van der Waals surface area contributed by atoms with Crippen LogP contribution in [0.3, 0.4) is 0 Å². The number of piperidine rings is 3. The fourth-order valence-electron chi connectivity index (χ4n) is 9.16. The highest BCUT2D eigenvalue weighted by molar-refractivity contribution is 5.97. The number of nitrogens with zero attached hydrogens (tertiary/aromatic N) is 5. The maximum atomic E-state index is 14.3. The average molecular weight is 765 g/mol. The molecule has 2 aromatic carbocycles. The molecule has 0 radical (unpaired) electrons. The molecule has 6 N–H and O–H groups in total. The molecule has 8 rings (SSSR count). The molecule has 13 heteroatoms. The van der Waals surface area contributed by atoms with Gasteiger partial charge in [-0.15, -0.1) is 0 Å². The lowest BCUT2D eigenvalue weighted by molar-refractivity contribution is -0.167. The Balaban J connectivity index is 0.000000536. The van der Waals surface area contributed by atoms with Gasteiger partial charge in [-0.2, -0.15) is 0 Å². The number of carbonyl (C=O) groups excluding carboxylic acids is 3. The van der Waals surface area contributed by atoms with Crippen molar-refractivity contribution in [2.45, 2.75) is 63.7 Å². The molecule has 1 spiro atoms. The molecule has 3 aromatic rings. The number of phenolic OH excluding ortho intramolecular Hbond substituents is 1. The van der Waals surface area contributed by atoms with Crippen LogP contribution in [0.15, 0.2) is 83.2 Å². The summed E-state index contributed by atoms with van der Waals surface area (Å²) in [6.07, 6.45) is 10.0. The Labute approximate surface area is 329 Å². The first kappa shape index (κ1) is 39.0. The van der Waals surface area contributed by atoms with E-state index in [2.05, 4.69) is 60.4 Å². The number of hydrogen-bond acceptors (Lipinski definition) is 11. The number of phenols is 1. The topological polar surface area (TPSA) is 174 Å². The van der Waals surface area contributed by atoms with Crippen molar-refractivity contribution in [2.24, 2.45) is 22.8 Å². The van der Waals surface area contributed by atoms with Crippen molar-refractivity contribution < 1.29 is 24.0 Å². The van der Waals surface area contributed by atoms with E-state index >= 15 is 0 Å². The molecular weight excluding hydrogens is 709 g/mol. The molecule has 0 saturated carbocycles. The van der Waals surface area contributed by atoms with Crippen molar-refractivity contribution in [3.05, 3.63) is 95.7 Å². The van der Waals surface area contributed by atoms with Crippen molar-refractivity contribution >= 4 is 29.1 Å². The average Bonchev–Trinajstić information content (AvgIpc) is 3.63. The first-order valence-corrected chi connectivity index (χ1v) is 20.1. The van der Waals surface area contributed by atoms with Crippen molar-refractivity contribution in [1.82, 2.24) is 25.2 Å². The summed E-state index contributed by atoms with van der Waals surface area (Å²) >= 11 is 0. The molecule has 0 atom stereocenters. The number of nitrogens with two attached hydrogens (primary N) is 2. The second-order valence-electron chi connectivity index (χ2n) is 16.4. The third-order valence-corrected chi connectivity index (χ3v) is 12.3. The number of aryl methyl sites for hydroxylation is 1. The number of allylic oxidation sites excluding steroid dienone is 1. The monoisotopic (exact) mass is 764 g/mol. The number of rotatable bonds is 9. The quantitative estimate of drug-likeness (QED) is 0.183. The molecule has 5 fully saturated rings. The van der Waals surface area contributed by atoms with Gasteiger partial charge >= 0.3 is 0 Å². The Hall–Kier alpha value is -5.30. The third-order valence-electron chi connectivity index (χ3n) is 12.3. The van der Waals surface area contributed by atoms with Gasteiger partial charge in [-0.3, -0.25) is 19.7 Å². The number of para-hydroxylation sites is 2. The Kier molecular flexibility index (Phi) is 11.7. The summed E-state index contributed by atoms with van der Waals surface area (Å²) in [7, 11) is 0. The van der Waals surface area contributed by atoms with E-state index in [4.69, 9.17) is 16.0 Å². The zero-order chi connectivity index (χ0) is 39.3. The number of likely N-dealkylation sites (tertiary alicyclic amines) is 3. The molecule has 6 heterocycles. The van der Waals surface area contributed by atoms with Gasteiger partial charge in [-0.25, -0.2) is 0 Å². The number of anilines is 1. The molecule has 0 bridgehead atoms. The number of nitrogens with one attached hydrogen (secondary N) is 1. The standard InChI is InChI=1S/C38H49N7O3.C5H7NO2/c1-28-21-35(41-48-28)38(14-19-44(20-15-38)31(23-39)22-33(40)32-9-5-6-10-34(32)46)36(47)45-26-37(27-45)24-42(25-37)16-11-29-12-17-43(18-13-29)30-7-3-2-4-8-30;7-4-2-1-3-5(8)6-4/h2-10,21-23,29,46H,11-20,24-27,39-40H2,1H3;1-3H2,(H,6,7,8)/b31-23+,33-22-;. The smallest absolute Gasteiger partial charge is 0.235 e. The minimum atomic E-state index is -0.736. The van der Waals surface area contributed by atoms with Gasteiger partial charge in [-0.05, 0) is 88.3 Å². The fourth-order valence-corrected chi connectivity index (χ4v) is 9.16. The van der Waals surface area contributed by atoms with Crippen molar-refractivity contribution in [3.63, 3.8) is 0 Å². The van der Waals surface area contributed by atoms with E-state index in [-0.39, 0.29) is 28.9 Å². The van der Waals surface area contributed by atoms with Crippen LogP contribution in [0.25, 0.3) is 5.70 Å². The fraction of sp³-hybridized carbons (Fsp3) is 0.488. The van der Waals surface area contributed by atoms with Gasteiger partial charge in [0.2, 0.25) is 17.7 Å². The molecule has 5 aliphatic heterocycles. The SMILES string of the molecule is Cc1cc(C2(C(=O)N3CC4(CN(CCC5CCN(c6ccccc6)CC5)C4)C3)CCN(C(/C=C(\N)c3ccccc3O)=C/N)CC2)no1.O=C1CCCC(=O)N1. The van der Waals surface area contributed by atoms with E-state index < -0.39 is 5.41 Å². The number of benzene rings is 2. The second kappa shape index (κ2) is 16.8. The molecular formula is C43H56N8O5. The van der Waals surface area contributed by atoms with Crippen LogP contribution in [0.2, 0.25) is 0 Å². The van der Waals surface area contributed by atoms with Gasteiger partial charge in [0.25, 0.3) is 0 Å². The highest BCUT2D eigenvalue weighted by Gasteiger charge is 2.57. The Morgan fingerprint density at radius 1 is 0.946 bits per heavy atom.